The molecule has 0 bridgehead atoms. The summed E-state index contributed by atoms with van der Waals surface area (Å²) in [4.78, 5) is 4.18. The summed E-state index contributed by atoms with van der Waals surface area (Å²) in [5.41, 5.74) is 1.49. The molecule has 74 valence electrons. The van der Waals surface area contributed by atoms with Gasteiger partial charge in [0.05, 0.1) is 6.20 Å². The van der Waals surface area contributed by atoms with E-state index in [4.69, 9.17) is 16.9 Å². The van der Waals surface area contributed by atoms with Gasteiger partial charge in [0.2, 0.25) is 0 Å². The van der Waals surface area contributed by atoms with Crippen LogP contribution in [-0.4, -0.2) is 9.55 Å². The van der Waals surface area contributed by atoms with Crippen LogP contribution in [0, 0.1) is 11.3 Å². The molecular weight excluding hydrogens is 210 g/mol. The van der Waals surface area contributed by atoms with Crippen LogP contribution in [0.2, 0.25) is 5.02 Å². The fourth-order valence-electron chi connectivity index (χ4n) is 1.38. The molecule has 0 fully saturated rings. The molecule has 0 aliphatic heterocycles. The lowest BCUT2D eigenvalue weighted by molar-refractivity contribution is 0.907. The Bertz CT molecular complexity index is 520. The number of hydrogen-bond acceptors (Lipinski definition) is 2. The molecule has 0 saturated carbocycles. The van der Waals surface area contributed by atoms with Crippen LogP contribution in [-0.2, 0) is 7.05 Å². The molecule has 0 aliphatic rings. The van der Waals surface area contributed by atoms with Crippen molar-refractivity contribution in [3.8, 4) is 17.5 Å². The molecular formula is C11H8ClN3. The molecule has 0 spiro atoms. The van der Waals surface area contributed by atoms with E-state index in [0.717, 1.165) is 11.4 Å². The Morgan fingerprint density at radius 1 is 1.33 bits per heavy atom. The molecule has 1 heterocycles. The van der Waals surface area contributed by atoms with Crippen molar-refractivity contribution in [3.05, 3.63) is 41.2 Å². The summed E-state index contributed by atoms with van der Waals surface area (Å²) in [6.07, 6.45) is 1.56. The molecule has 4 heteroatoms. The lowest BCUT2D eigenvalue weighted by Gasteiger charge is -2.02. The van der Waals surface area contributed by atoms with Crippen LogP contribution in [0.1, 0.15) is 5.69 Å². The van der Waals surface area contributed by atoms with Gasteiger partial charge in [-0.05, 0) is 24.3 Å². The zero-order chi connectivity index (χ0) is 10.8. The van der Waals surface area contributed by atoms with E-state index < -0.39 is 0 Å². The van der Waals surface area contributed by atoms with Gasteiger partial charge in [-0.3, -0.25) is 0 Å². The molecule has 0 amide bonds. The Morgan fingerprint density at radius 3 is 2.53 bits per heavy atom. The number of benzene rings is 1. The number of aromatic nitrogens is 2. The van der Waals surface area contributed by atoms with Crippen LogP contribution in [0.5, 0.6) is 0 Å². The van der Waals surface area contributed by atoms with Gasteiger partial charge in [-0.1, -0.05) is 11.6 Å². The second-order valence-electron chi connectivity index (χ2n) is 3.14. The normalized spacial score (nSPS) is 9.93. The standard InChI is InChI=1S/C11H8ClN3/c1-15-10(6-13)7-14-11(15)8-2-4-9(12)5-3-8/h2-5,7H,1H3. The van der Waals surface area contributed by atoms with E-state index in [1.165, 1.54) is 0 Å². The SMILES string of the molecule is Cn1c(C#N)cnc1-c1ccc(Cl)cc1. The summed E-state index contributed by atoms with van der Waals surface area (Å²) in [5, 5.41) is 9.48. The number of nitriles is 1. The summed E-state index contributed by atoms with van der Waals surface area (Å²) in [6.45, 7) is 0. The number of hydrogen-bond donors (Lipinski definition) is 0. The van der Waals surface area contributed by atoms with E-state index in [9.17, 15) is 0 Å². The summed E-state index contributed by atoms with van der Waals surface area (Å²) in [6, 6.07) is 9.44. The van der Waals surface area contributed by atoms with E-state index >= 15 is 0 Å². The van der Waals surface area contributed by atoms with Crippen molar-refractivity contribution in [1.29, 1.82) is 5.26 Å². The predicted molar refractivity (Wildman–Crippen MR) is 58.4 cm³/mol. The van der Waals surface area contributed by atoms with Gasteiger partial charge in [0.1, 0.15) is 17.6 Å². The zero-order valence-corrected chi connectivity index (χ0v) is 8.86. The largest absolute Gasteiger partial charge is 0.319 e. The smallest absolute Gasteiger partial charge is 0.140 e. The molecule has 3 nitrogen and oxygen atoms in total. The molecule has 0 aliphatic carbocycles. The lowest BCUT2D eigenvalue weighted by Crippen LogP contribution is -1.94. The number of rotatable bonds is 1. The van der Waals surface area contributed by atoms with Crippen molar-refractivity contribution >= 4 is 11.6 Å². The van der Waals surface area contributed by atoms with Gasteiger partial charge >= 0.3 is 0 Å². The Hall–Kier alpha value is -1.79. The van der Waals surface area contributed by atoms with Gasteiger partial charge in [0.25, 0.3) is 0 Å². The molecule has 1 aromatic heterocycles. The van der Waals surface area contributed by atoms with Gasteiger partial charge < -0.3 is 4.57 Å². The summed E-state index contributed by atoms with van der Waals surface area (Å²) in [5.74, 6) is 0.767. The molecule has 0 N–H and O–H groups in total. The number of imidazole rings is 1. The Labute approximate surface area is 92.6 Å². The first kappa shape index (κ1) is 9.75. The van der Waals surface area contributed by atoms with Crippen LogP contribution >= 0.6 is 11.6 Å². The van der Waals surface area contributed by atoms with Crippen molar-refractivity contribution in [1.82, 2.24) is 9.55 Å². The highest BCUT2D eigenvalue weighted by Crippen LogP contribution is 2.20. The fraction of sp³-hybridized carbons (Fsp3) is 0.0909. The fourth-order valence-corrected chi connectivity index (χ4v) is 1.51. The van der Waals surface area contributed by atoms with Gasteiger partial charge in [-0.2, -0.15) is 5.26 Å². The number of halogens is 1. The average molecular weight is 218 g/mol. The van der Waals surface area contributed by atoms with Crippen molar-refractivity contribution < 1.29 is 0 Å². The monoisotopic (exact) mass is 217 g/mol. The lowest BCUT2D eigenvalue weighted by atomic mass is 10.2. The third-order valence-electron chi connectivity index (χ3n) is 2.21. The highest BCUT2D eigenvalue weighted by molar-refractivity contribution is 6.30. The second-order valence-corrected chi connectivity index (χ2v) is 3.58. The van der Waals surface area contributed by atoms with Crippen molar-refractivity contribution in [3.63, 3.8) is 0 Å². The van der Waals surface area contributed by atoms with Crippen LogP contribution in [0.4, 0.5) is 0 Å². The first-order chi connectivity index (χ1) is 7.22. The van der Waals surface area contributed by atoms with E-state index in [1.54, 1.807) is 22.9 Å². The summed E-state index contributed by atoms with van der Waals surface area (Å²) in [7, 11) is 1.81. The van der Waals surface area contributed by atoms with Crippen LogP contribution in [0.25, 0.3) is 11.4 Å². The Balaban J connectivity index is 2.51. The van der Waals surface area contributed by atoms with Crippen molar-refractivity contribution in [2.45, 2.75) is 0 Å². The Morgan fingerprint density at radius 2 is 2.00 bits per heavy atom. The maximum absolute atomic E-state index is 8.79. The van der Waals surface area contributed by atoms with E-state index in [1.807, 2.05) is 19.2 Å². The maximum atomic E-state index is 8.79. The quantitative estimate of drug-likeness (QED) is 0.737. The first-order valence-electron chi connectivity index (χ1n) is 4.40. The molecule has 0 saturated heterocycles. The molecule has 0 radical (unpaired) electrons. The molecule has 2 rings (SSSR count). The highest BCUT2D eigenvalue weighted by atomic mass is 35.5. The zero-order valence-electron chi connectivity index (χ0n) is 8.11. The Kier molecular flexibility index (Phi) is 2.44. The van der Waals surface area contributed by atoms with Gasteiger partial charge in [-0.25, -0.2) is 4.98 Å². The van der Waals surface area contributed by atoms with Crippen LogP contribution < -0.4 is 0 Å². The van der Waals surface area contributed by atoms with Crippen LogP contribution in [0.15, 0.2) is 30.5 Å². The summed E-state index contributed by atoms with van der Waals surface area (Å²) >= 11 is 5.79. The predicted octanol–water partition coefficient (Wildman–Crippen LogP) is 2.61. The topological polar surface area (TPSA) is 41.6 Å². The summed E-state index contributed by atoms with van der Waals surface area (Å²) < 4.78 is 1.75. The van der Waals surface area contributed by atoms with Crippen molar-refractivity contribution in [2.75, 3.05) is 0 Å². The third kappa shape index (κ3) is 1.72. The first-order valence-corrected chi connectivity index (χ1v) is 4.78. The third-order valence-corrected chi connectivity index (χ3v) is 2.46. The molecule has 15 heavy (non-hydrogen) atoms. The van der Waals surface area contributed by atoms with Gasteiger partial charge in [0, 0.05) is 17.6 Å². The maximum Gasteiger partial charge on any atom is 0.140 e. The van der Waals surface area contributed by atoms with E-state index in [2.05, 4.69) is 11.1 Å². The molecule has 1 aromatic carbocycles. The van der Waals surface area contributed by atoms with Crippen molar-refractivity contribution in [2.24, 2.45) is 7.05 Å². The second kappa shape index (κ2) is 3.76. The van der Waals surface area contributed by atoms with E-state index in [0.29, 0.717) is 10.7 Å². The highest BCUT2D eigenvalue weighted by Gasteiger charge is 2.07. The number of nitrogens with zero attached hydrogens (tertiary/aromatic N) is 3. The average Bonchev–Trinajstić information content (AvgIpc) is 2.61. The minimum atomic E-state index is 0.542. The van der Waals surface area contributed by atoms with E-state index in [-0.39, 0.29) is 0 Å². The molecule has 0 unspecified atom stereocenters. The molecule has 2 aromatic rings. The minimum Gasteiger partial charge on any atom is -0.319 e. The molecule has 0 atom stereocenters. The van der Waals surface area contributed by atoms with Crippen LogP contribution in [0.3, 0.4) is 0 Å². The van der Waals surface area contributed by atoms with Gasteiger partial charge in [0.15, 0.2) is 0 Å². The van der Waals surface area contributed by atoms with Gasteiger partial charge in [-0.15, -0.1) is 0 Å². The minimum absolute atomic E-state index is 0.542.